The van der Waals surface area contributed by atoms with Crippen LogP contribution in [0.2, 0.25) is 0 Å². The first-order valence-corrected chi connectivity index (χ1v) is 13.9. The van der Waals surface area contributed by atoms with E-state index in [0.717, 1.165) is 16.1 Å². The second-order valence-electron chi connectivity index (χ2n) is 11.0. The summed E-state index contributed by atoms with van der Waals surface area (Å²) in [6.45, 7) is 6.06. The van der Waals surface area contributed by atoms with E-state index in [4.69, 9.17) is 0 Å². The van der Waals surface area contributed by atoms with Crippen LogP contribution in [0.5, 0.6) is 0 Å². The minimum atomic E-state index is -4.20. The molecule has 0 spiro atoms. The Bertz CT molecular complexity index is 1410. The molecule has 38 heavy (non-hydrogen) atoms. The number of fused-ring (bicyclic) bond motifs is 1. The van der Waals surface area contributed by atoms with Gasteiger partial charge in [0.05, 0.1) is 36.0 Å². The molecule has 2 N–H and O–H groups in total. The number of hydrogen-bond acceptors (Lipinski definition) is 7. The summed E-state index contributed by atoms with van der Waals surface area (Å²) in [6.07, 6.45) is -1.18. The Kier molecular flexibility index (Phi) is 7.58. The maximum atomic E-state index is 14.3. The third kappa shape index (κ3) is 4.68. The molecule has 4 rings (SSSR count). The van der Waals surface area contributed by atoms with Gasteiger partial charge in [-0.1, -0.05) is 35.4 Å². The number of pyridine rings is 1. The number of aliphatic hydroxyl groups excluding tert-OH is 1. The van der Waals surface area contributed by atoms with Crippen molar-refractivity contribution in [1.82, 2.24) is 14.4 Å². The smallest absolute Gasteiger partial charge is 0.244 e. The summed E-state index contributed by atoms with van der Waals surface area (Å²) in [5.41, 5.74) is -0.326. The van der Waals surface area contributed by atoms with Crippen LogP contribution in [0.1, 0.15) is 39.1 Å². The van der Waals surface area contributed by atoms with Gasteiger partial charge in [-0.3, -0.25) is 4.98 Å². The van der Waals surface area contributed by atoms with Crippen LogP contribution in [-0.2, 0) is 28.4 Å². The van der Waals surface area contributed by atoms with E-state index in [-0.39, 0.29) is 29.7 Å². The third-order valence-corrected chi connectivity index (χ3v) is 9.85. The van der Waals surface area contributed by atoms with Gasteiger partial charge < -0.3 is 20.3 Å². The lowest BCUT2D eigenvalue weighted by molar-refractivity contribution is -0.919. The highest BCUT2D eigenvalue weighted by atomic mass is 32.2. The van der Waals surface area contributed by atoms with Gasteiger partial charge in [0, 0.05) is 30.6 Å². The summed E-state index contributed by atoms with van der Waals surface area (Å²) in [4.78, 5) is 6.36. The molecule has 1 saturated heterocycles. The van der Waals surface area contributed by atoms with Gasteiger partial charge in [-0.15, -0.1) is 5.21 Å². The average molecular weight is 543 g/mol. The van der Waals surface area contributed by atoms with Gasteiger partial charge in [0.2, 0.25) is 10.0 Å². The maximum absolute atomic E-state index is 14.3. The number of hydroxylamine groups is 4. The van der Waals surface area contributed by atoms with Gasteiger partial charge in [-0.25, -0.2) is 8.42 Å². The number of nitrogens with zero attached hydrogens (tertiary/aromatic N) is 4. The molecule has 0 bridgehead atoms. The summed E-state index contributed by atoms with van der Waals surface area (Å²) < 4.78 is 29.8. The highest BCUT2D eigenvalue weighted by molar-refractivity contribution is 7.89. The van der Waals surface area contributed by atoms with E-state index in [2.05, 4.69) is 4.98 Å². The molecule has 1 aromatic heterocycles. The van der Waals surface area contributed by atoms with Crippen LogP contribution in [0.3, 0.4) is 0 Å². The monoisotopic (exact) mass is 542 g/mol. The van der Waals surface area contributed by atoms with Gasteiger partial charge in [-0.2, -0.15) is 4.31 Å². The van der Waals surface area contributed by atoms with Crippen LogP contribution >= 0.6 is 0 Å². The zero-order chi connectivity index (χ0) is 28.0. The van der Waals surface area contributed by atoms with Crippen molar-refractivity contribution in [2.75, 3.05) is 25.5 Å². The summed E-state index contributed by atoms with van der Waals surface area (Å²) in [5, 5.41) is 38.1. The number of rotatable bonds is 8. The van der Waals surface area contributed by atoms with Gasteiger partial charge in [0.1, 0.15) is 11.1 Å². The zero-order valence-electron chi connectivity index (χ0n) is 22.7. The van der Waals surface area contributed by atoms with Gasteiger partial charge in [0.25, 0.3) is 0 Å². The number of anilines is 1. The average Bonchev–Trinajstić information content (AvgIpc) is 2.99. The second-order valence-corrected chi connectivity index (χ2v) is 12.9. The number of sulfonamides is 1. The predicted octanol–water partition coefficient (Wildman–Crippen LogP) is 1.91. The molecule has 2 heterocycles. The Morgan fingerprint density at radius 1 is 1.00 bits per heavy atom. The van der Waals surface area contributed by atoms with E-state index >= 15 is 0 Å². The standard InChI is InChI=1S/C27H36N5O5S/c1-26(2)27(3,4)32(35)25(31(26)34)17-30(16-19-10-7-11-20(18-33)28-19)38(36,37)24-15-9-12-21-22(24)13-8-14-23(21)29(5)6/h7-15,25,31,33H,16-18H2,1-6H3. The zero-order valence-corrected chi connectivity index (χ0v) is 23.5. The first-order valence-electron chi connectivity index (χ1n) is 12.5. The highest BCUT2D eigenvalue weighted by Crippen LogP contribution is 2.34. The fourth-order valence-electron chi connectivity index (χ4n) is 4.99. The van der Waals surface area contributed by atoms with Crippen molar-refractivity contribution in [3.63, 3.8) is 0 Å². The van der Waals surface area contributed by atoms with E-state index in [0.29, 0.717) is 16.8 Å². The molecule has 1 aliphatic rings. The first kappa shape index (κ1) is 28.4. The van der Waals surface area contributed by atoms with Crippen molar-refractivity contribution in [1.29, 1.82) is 0 Å². The van der Waals surface area contributed by atoms with E-state index < -0.39 is 27.3 Å². The Morgan fingerprint density at radius 3 is 2.21 bits per heavy atom. The summed E-state index contributed by atoms with van der Waals surface area (Å²) in [5.74, 6) is 0. The lowest BCUT2D eigenvalue weighted by atomic mass is 9.84. The maximum Gasteiger partial charge on any atom is 0.244 e. The quantitative estimate of drug-likeness (QED) is 0.417. The number of hydrogen-bond donors (Lipinski definition) is 2. The SMILES string of the molecule is CN(C)c1cccc2c(S(=O)(=O)N(Cc3cccc(CO)n3)CC3N([O])C(C)(C)C(C)(C)[NH+]3[O-])cccc12. The molecule has 10 nitrogen and oxygen atoms in total. The molecular formula is C27H36N5O5S. The van der Waals surface area contributed by atoms with Crippen molar-refractivity contribution < 1.29 is 23.8 Å². The number of aliphatic hydroxyl groups is 1. The fraction of sp³-hybridized carbons (Fsp3) is 0.444. The summed E-state index contributed by atoms with van der Waals surface area (Å²) in [7, 11) is -0.424. The summed E-state index contributed by atoms with van der Waals surface area (Å²) in [6, 6.07) is 15.6. The van der Waals surface area contributed by atoms with Crippen LogP contribution in [0.25, 0.3) is 10.8 Å². The normalized spacial score (nSPS) is 21.3. The molecule has 2 atom stereocenters. The topological polar surface area (TPSA) is 124 Å². The number of quaternary nitrogens is 1. The molecule has 0 aliphatic carbocycles. The van der Waals surface area contributed by atoms with E-state index in [1.165, 1.54) is 4.31 Å². The molecule has 1 radical (unpaired) electrons. The first-order chi connectivity index (χ1) is 17.7. The van der Waals surface area contributed by atoms with E-state index in [9.17, 15) is 23.9 Å². The Balaban J connectivity index is 1.84. The molecule has 11 heteroatoms. The van der Waals surface area contributed by atoms with Gasteiger partial charge >= 0.3 is 0 Å². The number of nitrogens with one attached hydrogen (secondary N) is 1. The Labute approximate surface area is 224 Å². The van der Waals surface area contributed by atoms with Gasteiger partial charge in [-0.05, 0) is 52.0 Å². The lowest BCUT2D eigenvalue weighted by Crippen LogP contribution is -3.18. The molecule has 2 aromatic carbocycles. The van der Waals surface area contributed by atoms with E-state index in [1.807, 2.05) is 31.1 Å². The van der Waals surface area contributed by atoms with Crippen LogP contribution in [-0.4, -0.2) is 65.8 Å². The van der Waals surface area contributed by atoms with Crippen LogP contribution in [0, 0.1) is 5.21 Å². The molecule has 0 saturated carbocycles. The minimum absolute atomic E-state index is 0.0819. The fourth-order valence-corrected chi connectivity index (χ4v) is 6.62. The molecule has 2 unspecified atom stereocenters. The summed E-state index contributed by atoms with van der Waals surface area (Å²) >= 11 is 0. The largest absolute Gasteiger partial charge is 0.633 e. The molecular weight excluding hydrogens is 506 g/mol. The van der Waals surface area contributed by atoms with Crippen molar-refractivity contribution in [3.05, 3.63) is 71.2 Å². The van der Waals surface area contributed by atoms with Crippen molar-refractivity contribution in [2.45, 2.75) is 63.0 Å². The molecule has 205 valence electrons. The van der Waals surface area contributed by atoms with E-state index in [1.54, 1.807) is 70.2 Å². The molecule has 3 aromatic rings. The van der Waals surface area contributed by atoms with Gasteiger partial charge in [0.15, 0.2) is 6.17 Å². The number of aromatic nitrogens is 1. The molecule has 1 aliphatic heterocycles. The van der Waals surface area contributed by atoms with Crippen molar-refractivity contribution in [2.24, 2.45) is 0 Å². The Morgan fingerprint density at radius 2 is 1.61 bits per heavy atom. The predicted molar refractivity (Wildman–Crippen MR) is 145 cm³/mol. The van der Waals surface area contributed by atoms with Crippen LogP contribution < -0.4 is 9.96 Å². The van der Waals surface area contributed by atoms with Crippen LogP contribution in [0.4, 0.5) is 5.69 Å². The Hall–Kier alpha value is -2.64. The number of benzene rings is 2. The molecule has 1 fully saturated rings. The lowest BCUT2D eigenvalue weighted by Gasteiger charge is -2.39. The van der Waals surface area contributed by atoms with Crippen molar-refractivity contribution >= 4 is 26.5 Å². The highest BCUT2D eigenvalue weighted by Gasteiger charge is 2.60. The minimum Gasteiger partial charge on any atom is -0.633 e. The van der Waals surface area contributed by atoms with Crippen molar-refractivity contribution in [3.8, 4) is 0 Å². The molecule has 0 amide bonds. The second kappa shape index (κ2) is 10.2. The third-order valence-electron chi connectivity index (χ3n) is 7.98. The van der Waals surface area contributed by atoms with Crippen LogP contribution in [0.15, 0.2) is 59.5 Å².